The average molecular weight is 1530 g/mol. The highest BCUT2D eigenvalue weighted by Gasteiger charge is 2.52. The van der Waals surface area contributed by atoms with Gasteiger partial charge in [0.25, 0.3) is 0 Å². The molecule has 0 unspecified atom stereocenters. The van der Waals surface area contributed by atoms with Crippen LogP contribution in [0.15, 0.2) is 284 Å². The predicted molar refractivity (Wildman–Crippen MR) is 468 cm³/mol. The number of halogens is 1. The summed E-state index contributed by atoms with van der Waals surface area (Å²) in [5.41, 5.74) is 25.8. The summed E-state index contributed by atoms with van der Waals surface area (Å²) in [7, 11) is -0.421. The predicted octanol–water partition coefficient (Wildman–Crippen LogP) is 26.4. The van der Waals surface area contributed by atoms with Crippen LogP contribution in [-0.4, -0.2) is 38.3 Å². The number of hydrogen-bond acceptors (Lipinski definition) is 10. The summed E-state index contributed by atoms with van der Waals surface area (Å²) in [6.07, 6.45) is 0. The zero-order valence-corrected chi connectivity index (χ0v) is 65.0. The van der Waals surface area contributed by atoms with Crippen molar-refractivity contribution in [3.8, 4) is 90.5 Å². The molecule has 0 saturated carbocycles. The van der Waals surface area contributed by atoms with Crippen LogP contribution in [0.25, 0.3) is 162 Å². The van der Waals surface area contributed by atoms with Gasteiger partial charge in [0.1, 0.15) is 0 Å². The van der Waals surface area contributed by atoms with Gasteiger partial charge in [0.15, 0.2) is 0 Å². The molecule has 7 heterocycles. The van der Waals surface area contributed by atoms with Crippen molar-refractivity contribution in [2.24, 2.45) is 0 Å². The Bertz CT molecular complexity index is 6980. The largest absolute Gasteiger partial charge is 0.495 e. The van der Waals surface area contributed by atoms with Gasteiger partial charge in [0.2, 0.25) is 0 Å². The molecule has 2 aliphatic carbocycles. The SMILES string of the molecule is C.CC1(C)OB(c2cccc3sc4ccc(-c5ccc6ccc7ccc(-c8ccccc8)nc7c6n5)cc4c23)OC1(C)C.CC1(C)c2cc(Br)ccc2-c2ccc(C#N)cc21.CC1(C)c2cc(C#N)ccc2-c2ccc(-c3cccc4sc5ccc(-c6ccc7ccc8ccc(-c9ccccc9)nc8c7n6)cc5c34)cc21. The number of rotatable bonds is 6. The molecule has 0 bridgehead atoms. The number of aromatic nitrogens is 4. The number of hydrogen-bond donors (Lipinski definition) is 0. The van der Waals surface area contributed by atoms with E-state index in [9.17, 15) is 5.26 Å². The van der Waals surface area contributed by atoms with Crippen molar-refractivity contribution in [2.45, 2.75) is 84.8 Å². The average Bonchev–Trinajstić information content (AvgIpc) is 1.59. The van der Waals surface area contributed by atoms with Gasteiger partial charge in [-0.1, -0.05) is 227 Å². The van der Waals surface area contributed by atoms with Crippen LogP contribution in [0.4, 0.5) is 0 Å². The number of fused-ring (bicyclic) bond motifs is 18. The fraction of sp³-hybridized carbons (Fsp3) is 0.131. The van der Waals surface area contributed by atoms with E-state index >= 15 is 0 Å². The maximum Gasteiger partial charge on any atom is 0.495 e. The van der Waals surface area contributed by atoms with Crippen molar-refractivity contribution < 1.29 is 9.31 Å². The molecule has 8 nitrogen and oxygen atoms in total. The molecule has 12 aromatic carbocycles. The standard InChI is InChI=1S/C46H29N3S.C36H29BN2O2S.C16H12BrN.CH4/c1-46(2)37-23-27(26-47)11-18-34(37)35-19-14-31(25-38(35)46)33-9-6-10-42-43(33)36-24-32(17-22-41(36)50-42)40-21-16-30-13-12-29-15-20-39(28-7-4-3-5-8-28)48-44(29)45(30)49-40;1-35(2)36(3,4)41-37(40-35)27-11-8-12-31-32(27)26-21-25(17-20-30(26)42-31)29-19-16-24-14-13-23-15-18-28(22-9-6-5-7-10-22)38-33(23)34(24)39-29;1-16(2)14-7-10(9-18)3-5-12(14)13-6-4-11(17)8-15(13)16;/h3-25H,1-2H3;5-21H,1-4H3;3-8H,1-2H3;1H4. The lowest BCUT2D eigenvalue weighted by Crippen LogP contribution is -2.41. The molecule has 1 fully saturated rings. The fourth-order valence-electron chi connectivity index (χ4n) is 16.6. The molecular weight excluding hydrogens is 1460 g/mol. The summed E-state index contributed by atoms with van der Waals surface area (Å²) in [6.45, 7) is 17.4. The summed E-state index contributed by atoms with van der Waals surface area (Å²) in [5, 5.41) is 27.9. The molecule has 111 heavy (non-hydrogen) atoms. The van der Waals surface area contributed by atoms with Crippen LogP contribution in [0, 0.1) is 22.7 Å². The van der Waals surface area contributed by atoms with Crippen LogP contribution >= 0.6 is 38.6 Å². The van der Waals surface area contributed by atoms with Gasteiger partial charge in [-0.3, -0.25) is 0 Å². The summed E-state index contributed by atoms with van der Waals surface area (Å²) in [4.78, 5) is 20.7. The Balaban J connectivity index is 0.000000127. The minimum atomic E-state index is -0.421. The lowest BCUT2D eigenvalue weighted by Gasteiger charge is -2.32. The Morgan fingerprint density at radius 2 is 0.712 bits per heavy atom. The molecule has 0 radical (unpaired) electrons. The van der Waals surface area contributed by atoms with Crippen LogP contribution < -0.4 is 5.46 Å². The first kappa shape index (κ1) is 70.8. The number of thiophene rings is 2. The third-order valence-electron chi connectivity index (χ3n) is 23.2. The third-order valence-corrected chi connectivity index (χ3v) is 25.9. The van der Waals surface area contributed by atoms with Gasteiger partial charge >= 0.3 is 7.12 Å². The molecule has 0 atom stereocenters. The van der Waals surface area contributed by atoms with E-state index in [-0.39, 0.29) is 18.3 Å². The minimum absolute atomic E-state index is 0. The van der Waals surface area contributed by atoms with Gasteiger partial charge in [0.05, 0.1) is 79.3 Å². The van der Waals surface area contributed by atoms with E-state index in [0.717, 1.165) is 104 Å². The molecular formula is C99H74BBrN6O2S2. The highest BCUT2D eigenvalue weighted by molar-refractivity contribution is 9.10. The Hall–Kier alpha value is -11.8. The topological polar surface area (TPSA) is 118 Å². The van der Waals surface area contributed by atoms with E-state index in [1.165, 1.54) is 96.0 Å². The van der Waals surface area contributed by atoms with Crippen molar-refractivity contribution in [1.29, 1.82) is 10.5 Å². The van der Waals surface area contributed by atoms with E-state index in [4.69, 9.17) is 34.5 Å². The van der Waals surface area contributed by atoms with Crippen LogP contribution in [0.1, 0.15) is 96.2 Å². The number of benzene rings is 12. The molecule has 12 heteroatoms. The Morgan fingerprint density at radius 3 is 1.17 bits per heavy atom. The molecule has 0 spiro atoms. The smallest absolute Gasteiger partial charge is 0.399 e. The van der Waals surface area contributed by atoms with Crippen LogP contribution in [0.2, 0.25) is 0 Å². The second-order valence-electron chi connectivity index (χ2n) is 31.0. The molecule has 21 rings (SSSR count). The summed E-state index contributed by atoms with van der Waals surface area (Å²) in [6, 6.07) is 103. The zero-order chi connectivity index (χ0) is 75.1. The van der Waals surface area contributed by atoms with E-state index in [2.05, 4.69) is 308 Å². The number of nitrogens with zero attached hydrogens (tertiary/aromatic N) is 6. The van der Waals surface area contributed by atoms with E-state index < -0.39 is 18.3 Å². The van der Waals surface area contributed by atoms with E-state index in [0.29, 0.717) is 5.56 Å². The third kappa shape index (κ3) is 12.0. The Kier molecular flexibility index (Phi) is 17.2. The first-order chi connectivity index (χ1) is 53.3. The molecule has 0 N–H and O–H groups in total. The van der Waals surface area contributed by atoms with Crippen molar-refractivity contribution in [1.82, 2.24) is 19.9 Å². The first-order valence-electron chi connectivity index (χ1n) is 37.1. The number of pyridine rings is 4. The van der Waals surface area contributed by atoms with Gasteiger partial charge in [-0.25, -0.2) is 19.9 Å². The molecule has 1 aliphatic heterocycles. The summed E-state index contributed by atoms with van der Waals surface area (Å²) < 4.78 is 19.1. The summed E-state index contributed by atoms with van der Waals surface area (Å²) in [5.74, 6) is 0. The molecule has 1 saturated heterocycles. The molecule has 6 aromatic heterocycles. The van der Waals surface area contributed by atoms with Gasteiger partial charge in [-0.15, -0.1) is 22.7 Å². The van der Waals surface area contributed by atoms with Crippen molar-refractivity contribution in [3.05, 3.63) is 317 Å². The summed E-state index contributed by atoms with van der Waals surface area (Å²) >= 11 is 7.17. The van der Waals surface area contributed by atoms with Gasteiger partial charge in [-0.2, -0.15) is 10.5 Å². The monoisotopic (exact) mass is 1530 g/mol. The second kappa shape index (κ2) is 27.0. The van der Waals surface area contributed by atoms with Crippen molar-refractivity contribution in [2.75, 3.05) is 0 Å². The van der Waals surface area contributed by atoms with Crippen molar-refractivity contribution >= 4 is 135 Å². The van der Waals surface area contributed by atoms with Gasteiger partial charge in [0, 0.05) is 99.4 Å². The van der Waals surface area contributed by atoms with Crippen LogP contribution in [0.3, 0.4) is 0 Å². The highest BCUT2D eigenvalue weighted by atomic mass is 79.9. The maximum absolute atomic E-state index is 9.59. The molecule has 534 valence electrons. The lowest BCUT2D eigenvalue weighted by molar-refractivity contribution is 0.00578. The zero-order valence-electron chi connectivity index (χ0n) is 61.8. The van der Waals surface area contributed by atoms with Gasteiger partial charge < -0.3 is 9.31 Å². The van der Waals surface area contributed by atoms with E-state index in [1.54, 1.807) is 11.3 Å². The van der Waals surface area contributed by atoms with Crippen LogP contribution in [-0.2, 0) is 20.1 Å². The Labute approximate surface area is 662 Å². The second-order valence-corrected chi connectivity index (χ2v) is 34.1. The van der Waals surface area contributed by atoms with Gasteiger partial charge in [-0.05, 0) is 192 Å². The lowest BCUT2D eigenvalue weighted by atomic mass is 9.76. The first-order valence-corrected chi connectivity index (χ1v) is 39.5. The molecule has 3 aliphatic rings. The maximum atomic E-state index is 9.59. The fourth-order valence-corrected chi connectivity index (χ4v) is 19.2. The van der Waals surface area contributed by atoms with E-state index in [1.807, 2.05) is 65.9 Å². The number of nitriles is 2. The molecule has 18 aromatic rings. The Morgan fingerprint density at radius 1 is 0.333 bits per heavy atom. The minimum Gasteiger partial charge on any atom is -0.399 e. The van der Waals surface area contributed by atoms with Crippen molar-refractivity contribution in [3.63, 3.8) is 0 Å². The molecule has 0 amide bonds. The normalized spacial score (nSPS) is 14.5. The quantitative estimate of drug-likeness (QED) is 0.119. The highest BCUT2D eigenvalue weighted by Crippen LogP contribution is 2.53. The van der Waals surface area contributed by atoms with Crippen LogP contribution in [0.5, 0.6) is 0 Å².